The van der Waals surface area contributed by atoms with E-state index in [2.05, 4.69) is 15.8 Å². The molecule has 12 heteroatoms. The third kappa shape index (κ3) is 8.92. The molecule has 0 unspecified atom stereocenters. The van der Waals surface area contributed by atoms with Gasteiger partial charge in [0.1, 0.15) is 17.5 Å². The lowest BCUT2D eigenvalue weighted by molar-refractivity contribution is -0.155. The largest absolute Gasteiger partial charge is 0.494 e. The molecule has 1 aliphatic heterocycles. The molecule has 0 fully saturated rings. The second-order valence-corrected chi connectivity index (χ2v) is 10.6. The van der Waals surface area contributed by atoms with Crippen molar-refractivity contribution in [2.75, 3.05) is 13.2 Å². The topological polar surface area (TPSA) is 118 Å². The van der Waals surface area contributed by atoms with Crippen LogP contribution in [0, 0.1) is 0 Å². The van der Waals surface area contributed by atoms with Gasteiger partial charge in [-0.25, -0.2) is 10.4 Å². The maximum absolute atomic E-state index is 13.5. The van der Waals surface area contributed by atoms with Gasteiger partial charge in [0.05, 0.1) is 12.2 Å². The molecule has 2 aromatic carbocycles. The van der Waals surface area contributed by atoms with Crippen molar-refractivity contribution in [2.24, 2.45) is 4.99 Å². The molecule has 0 bridgehead atoms. The lowest BCUT2D eigenvalue weighted by atomic mass is 9.88. The molecular weight excluding hydrogens is 543 g/mol. The lowest BCUT2D eigenvalue weighted by Gasteiger charge is -2.28. The van der Waals surface area contributed by atoms with Crippen molar-refractivity contribution in [1.29, 1.82) is 0 Å². The molecule has 0 radical (unpaired) electrons. The molecule has 0 spiro atoms. The van der Waals surface area contributed by atoms with E-state index < -0.39 is 40.9 Å². The van der Waals surface area contributed by atoms with Crippen LogP contribution in [-0.2, 0) is 31.8 Å². The first-order chi connectivity index (χ1) is 19.2. The minimum atomic E-state index is -4.44. The Morgan fingerprint density at radius 3 is 2.32 bits per heavy atom. The number of halogens is 3. The van der Waals surface area contributed by atoms with Crippen LogP contribution in [0.1, 0.15) is 63.6 Å². The summed E-state index contributed by atoms with van der Waals surface area (Å²) in [7, 11) is 0. The van der Waals surface area contributed by atoms with Crippen molar-refractivity contribution in [1.82, 2.24) is 10.9 Å². The third-order valence-electron chi connectivity index (χ3n) is 6.23. The van der Waals surface area contributed by atoms with Crippen molar-refractivity contribution >= 4 is 17.8 Å². The second-order valence-electron chi connectivity index (χ2n) is 10.6. The van der Waals surface area contributed by atoms with Crippen molar-refractivity contribution < 1.29 is 42.1 Å². The molecule has 0 aliphatic carbocycles. The summed E-state index contributed by atoms with van der Waals surface area (Å²) in [5.41, 5.74) is 3.46. The molecule has 1 aliphatic rings. The molecule has 1 heterocycles. The first-order valence-corrected chi connectivity index (χ1v) is 13.3. The Hall–Kier alpha value is -3.64. The standard InChI is InChI=1S/C29H36F3N3O6/c1-19-28(15-14-24(37)41-27(2,3)4,26(38)35-33-18-20-6-10-22(11-7-20)29(30,31)32)34-25(40-19)21-8-12-23(13-9-21)39-17-5-16-36/h6-13,19,33,36H,5,14-18H2,1-4H3,(H,35,38)/t19-,28-/m0/s1. The highest BCUT2D eigenvalue weighted by atomic mass is 19.4. The van der Waals surface area contributed by atoms with Gasteiger partial charge in [-0.1, -0.05) is 12.1 Å². The number of aliphatic imine (C=N–C) groups is 1. The van der Waals surface area contributed by atoms with Crippen LogP contribution >= 0.6 is 0 Å². The predicted octanol–water partition coefficient (Wildman–Crippen LogP) is 4.31. The fourth-order valence-corrected chi connectivity index (χ4v) is 4.08. The Morgan fingerprint density at radius 2 is 1.73 bits per heavy atom. The lowest BCUT2D eigenvalue weighted by Crippen LogP contribution is -2.54. The molecular formula is C29H36F3N3O6. The fraction of sp³-hybridized carbons (Fsp3) is 0.483. The van der Waals surface area contributed by atoms with Crippen molar-refractivity contribution in [3.63, 3.8) is 0 Å². The molecule has 9 nitrogen and oxygen atoms in total. The van der Waals surface area contributed by atoms with E-state index in [1.807, 2.05) is 0 Å². The van der Waals surface area contributed by atoms with Crippen LogP contribution in [0.4, 0.5) is 13.2 Å². The van der Waals surface area contributed by atoms with Gasteiger partial charge < -0.3 is 19.3 Å². The number of aliphatic hydroxyl groups is 1. The molecule has 3 rings (SSSR count). The number of alkyl halides is 3. The summed E-state index contributed by atoms with van der Waals surface area (Å²) in [6.45, 7) is 7.34. The van der Waals surface area contributed by atoms with Crippen LogP contribution in [0.5, 0.6) is 5.75 Å². The maximum Gasteiger partial charge on any atom is 0.416 e. The van der Waals surface area contributed by atoms with E-state index in [4.69, 9.17) is 19.3 Å². The predicted molar refractivity (Wildman–Crippen MR) is 145 cm³/mol. The number of rotatable bonds is 12. The quantitative estimate of drug-likeness (QED) is 0.195. The zero-order valence-electron chi connectivity index (χ0n) is 23.5. The molecule has 224 valence electrons. The number of carbonyl (C=O) groups is 2. The number of hydrogen-bond acceptors (Lipinski definition) is 8. The van der Waals surface area contributed by atoms with Crippen molar-refractivity contribution in [2.45, 2.75) is 76.9 Å². The Labute approximate surface area is 237 Å². The van der Waals surface area contributed by atoms with Crippen LogP contribution in [-0.4, -0.2) is 53.3 Å². The van der Waals surface area contributed by atoms with E-state index in [9.17, 15) is 22.8 Å². The second kappa shape index (κ2) is 13.3. The van der Waals surface area contributed by atoms with Gasteiger partial charge in [-0.15, -0.1) is 0 Å². The van der Waals surface area contributed by atoms with Crippen LogP contribution in [0.25, 0.3) is 0 Å². The Kier molecular flexibility index (Phi) is 10.4. The average molecular weight is 580 g/mol. The van der Waals surface area contributed by atoms with Gasteiger partial charge in [-0.3, -0.25) is 15.0 Å². The van der Waals surface area contributed by atoms with Gasteiger partial charge in [-0.05, 0) is 76.1 Å². The highest BCUT2D eigenvalue weighted by Crippen LogP contribution is 2.34. The number of amides is 1. The van der Waals surface area contributed by atoms with Crippen LogP contribution in [0.15, 0.2) is 53.5 Å². The average Bonchev–Trinajstić information content (AvgIpc) is 3.24. The molecule has 1 amide bonds. The first kappa shape index (κ1) is 31.9. The summed E-state index contributed by atoms with van der Waals surface area (Å²) < 4.78 is 55.5. The molecule has 0 saturated carbocycles. The molecule has 2 atom stereocenters. The Balaban J connectivity index is 1.76. The van der Waals surface area contributed by atoms with E-state index in [0.29, 0.717) is 29.9 Å². The van der Waals surface area contributed by atoms with Gasteiger partial charge in [0, 0.05) is 31.6 Å². The summed E-state index contributed by atoms with van der Waals surface area (Å²) in [6.07, 6.45) is -4.82. The molecule has 0 saturated heterocycles. The van der Waals surface area contributed by atoms with Crippen LogP contribution in [0.3, 0.4) is 0 Å². The molecule has 0 aromatic heterocycles. The minimum absolute atomic E-state index is 0.0112. The van der Waals surface area contributed by atoms with E-state index in [1.54, 1.807) is 52.0 Å². The summed E-state index contributed by atoms with van der Waals surface area (Å²) >= 11 is 0. The highest BCUT2D eigenvalue weighted by Gasteiger charge is 2.50. The summed E-state index contributed by atoms with van der Waals surface area (Å²) in [4.78, 5) is 30.7. The third-order valence-corrected chi connectivity index (χ3v) is 6.23. The van der Waals surface area contributed by atoms with Gasteiger partial charge in [-0.2, -0.15) is 13.2 Å². The molecule has 2 aromatic rings. The number of hydrazine groups is 1. The van der Waals surface area contributed by atoms with Gasteiger partial charge >= 0.3 is 12.1 Å². The van der Waals surface area contributed by atoms with E-state index in [1.165, 1.54) is 12.1 Å². The number of hydrogen-bond donors (Lipinski definition) is 3. The number of nitrogens with zero attached hydrogens (tertiary/aromatic N) is 1. The summed E-state index contributed by atoms with van der Waals surface area (Å²) in [6, 6.07) is 11.4. The Morgan fingerprint density at radius 1 is 1.07 bits per heavy atom. The Bertz CT molecular complexity index is 1210. The van der Waals surface area contributed by atoms with Gasteiger partial charge in [0.15, 0.2) is 5.54 Å². The fourth-order valence-electron chi connectivity index (χ4n) is 4.08. The summed E-state index contributed by atoms with van der Waals surface area (Å²) in [5, 5.41) is 8.92. The number of aliphatic hydroxyl groups excluding tert-OH is 1. The smallest absolute Gasteiger partial charge is 0.416 e. The van der Waals surface area contributed by atoms with E-state index in [0.717, 1.165) is 12.1 Å². The van der Waals surface area contributed by atoms with Crippen molar-refractivity contribution in [3.8, 4) is 5.75 Å². The molecule has 41 heavy (non-hydrogen) atoms. The maximum atomic E-state index is 13.5. The van der Waals surface area contributed by atoms with Gasteiger partial charge in [0.25, 0.3) is 5.91 Å². The summed E-state index contributed by atoms with van der Waals surface area (Å²) in [5.74, 6) is -0.265. The van der Waals surface area contributed by atoms with E-state index in [-0.39, 0.29) is 31.9 Å². The number of esters is 1. The number of ether oxygens (including phenoxy) is 3. The minimum Gasteiger partial charge on any atom is -0.494 e. The number of benzene rings is 2. The number of carbonyl (C=O) groups excluding carboxylic acids is 2. The highest BCUT2D eigenvalue weighted by molar-refractivity contribution is 6.00. The zero-order chi connectivity index (χ0) is 30.3. The first-order valence-electron chi connectivity index (χ1n) is 13.3. The zero-order valence-corrected chi connectivity index (χ0v) is 23.5. The molecule has 3 N–H and O–H groups in total. The normalized spacial score (nSPS) is 18.8. The van der Waals surface area contributed by atoms with Crippen molar-refractivity contribution in [3.05, 3.63) is 65.2 Å². The van der Waals surface area contributed by atoms with Gasteiger partial charge in [0.2, 0.25) is 5.90 Å². The number of nitrogens with one attached hydrogen (secondary N) is 2. The van der Waals surface area contributed by atoms with E-state index >= 15 is 0 Å². The SMILES string of the molecule is C[C@@H]1OC(c2ccc(OCCCO)cc2)=N[C@]1(CCC(=O)OC(C)(C)C)C(=O)NNCc1ccc(C(F)(F)F)cc1. The van der Waals surface area contributed by atoms with Crippen LogP contribution in [0.2, 0.25) is 0 Å². The monoisotopic (exact) mass is 579 g/mol. The van der Waals surface area contributed by atoms with Crippen LogP contribution < -0.4 is 15.6 Å².